The van der Waals surface area contributed by atoms with Gasteiger partial charge in [-0.05, 0) is 64.9 Å². The van der Waals surface area contributed by atoms with Crippen LogP contribution in [0.15, 0.2) is 77.7 Å². The van der Waals surface area contributed by atoms with Crippen molar-refractivity contribution in [1.29, 1.82) is 5.26 Å². The first-order valence-electron chi connectivity index (χ1n) is 9.74. The van der Waals surface area contributed by atoms with E-state index in [0.717, 1.165) is 27.8 Å². The lowest BCUT2D eigenvalue weighted by molar-refractivity contribution is -0.123. The highest BCUT2D eigenvalue weighted by Crippen LogP contribution is 2.33. The van der Waals surface area contributed by atoms with Gasteiger partial charge in [0, 0.05) is 0 Å². The van der Waals surface area contributed by atoms with Gasteiger partial charge in [-0.2, -0.15) is 5.26 Å². The number of ether oxygens (including phenoxy) is 1. The van der Waals surface area contributed by atoms with Crippen molar-refractivity contribution in [3.8, 4) is 11.8 Å². The van der Waals surface area contributed by atoms with Crippen LogP contribution in [0.4, 0.5) is 9.18 Å². The van der Waals surface area contributed by atoms with E-state index in [-0.39, 0.29) is 23.5 Å². The highest BCUT2D eigenvalue weighted by Gasteiger charge is 2.35. The average molecular weight is 444 g/mol. The van der Waals surface area contributed by atoms with Crippen LogP contribution in [-0.2, 0) is 17.9 Å². The Balaban J connectivity index is 1.42. The van der Waals surface area contributed by atoms with Gasteiger partial charge in [-0.25, -0.2) is 4.39 Å². The van der Waals surface area contributed by atoms with E-state index in [9.17, 15) is 19.2 Å². The molecule has 0 aromatic heterocycles. The number of rotatable bonds is 6. The van der Waals surface area contributed by atoms with Gasteiger partial charge in [-0.15, -0.1) is 0 Å². The van der Waals surface area contributed by atoms with Crippen molar-refractivity contribution in [1.82, 2.24) is 4.90 Å². The van der Waals surface area contributed by atoms with Crippen molar-refractivity contribution in [3.05, 3.63) is 106 Å². The maximum Gasteiger partial charge on any atom is 0.293 e. The number of hydrogen-bond acceptors (Lipinski definition) is 5. The zero-order chi connectivity index (χ0) is 22.5. The lowest BCUT2D eigenvalue weighted by Gasteiger charge is -2.13. The maximum atomic E-state index is 13.0. The van der Waals surface area contributed by atoms with Crippen molar-refractivity contribution < 1.29 is 18.7 Å². The van der Waals surface area contributed by atoms with E-state index in [1.54, 1.807) is 66.7 Å². The molecule has 0 atom stereocenters. The molecule has 2 amide bonds. The highest BCUT2D eigenvalue weighted by molar-refractivity contribution is 8.18. The van der Waals surface area contributed by atoms with E-state index in [0.29, 0.717) is 28.4 Å². The number of hydrogen-bond donors (Lipinski definition) is 0. The Morgan fingerprint density at radius 2 is 1.72 bits per heavy atom. The summed E-state index contributed by atoms with van der Waals surface area (Å²) in [5.41, 5.74) is 2.66. The molecule has 4 rings (SSSR count). The molecule has 32 heavy (non-hydrogen) atoms. The number of thioether (sulfide) groups is 1. The summed E-state index contributed by atoms with van der Waals surface area (Å²) in [7, 11) is 0. The summed E-state index contributed by atoms with van der Waals surface area (Å²) in [4.78, 5) is 26.6. The van der Waals surface area contributed by atoms with Crippen LogP contribution >= 0.6 is 11.8 Å². The molecule has 7 heteroatoms. The van der Waals surface area contributed by atoms with Crippen molar-refractivity contribution in [3.63, 3.8) is 0 Å². The molecule has 1 aliphatic rings. The lowest BCUT2D eigenvalue weighted by atomic mass is 10.1. The number of benzene rings is 3. The van der Waals surface area contributed by atoms with E-state index in [1.807, 2.05) is 0 Å². The molecule has 1 fully saturated rings. The molecule has 1 saturated heterocycles. The van der Waals surface area contributed by atoms with Crippen LogP contribution in [0.2, 0.25) is 0 Å². The molecule has 0 spiro atoms. The molecule has 3 aromatic rings. The van der Waals surface area contributed by atoms with Gasteiger partial charge in [0.05, 0.1) is 23.1 Å². The number of nitrogens with zero attached hydrogens (tertiary/aromatic N) is 2. The minimum absolute atomic E-state index is 0.0574. The van der Waals surface area contributed by atoms with Crippen LogP contribution in [-0.4, -0.2) is 16.0 Å². The third kappa shape index (κ3) is 4.88. The van der Waals surface area contributed by atoms with Crippen LogP contribution in [0.25, 0.3) is 6.08 Å². The van der Waals surface area contributed by atoms with Gasteiger partial charge in [0.2, 0.25) is 0 Å². The Labute approximate surface area is 188 Å². The second-order valence-corrected chi connectivity index (χ2v) is 8.01. The Bertz CT molecular complexity index is 1230. The zero-order valence-corrected chi connectivity index (χ0v) is 17.6. The Morgan fingerprint density at radius 3 is 2.44 bits per heavy atom. The molecular weight excluding hydrogens is 427 g/mol. The van der Waals surface area contributed by atoms with E-state index < -0.39 is 0 Å². The topological polar surface area (TPSA) is 70.4 Å². The van der Waals surface area contributed by atoms with Crippen molar-refractivity contribution in [2.24, 2.45) is 0 Å². The molecule has 0 radical (unpaired) electrons. The highest BCUT2D eigenvalue weighted by atomic mass is 32.2. The molecule has 1 aliphatic heterocycles. The van der Waals surface area contributed by atoms with Crippen LogP contribution in [0, 0.1) is 17.1 Å². The molecular formula is C25H17FN2O3S. The molecule has 0 aliphatic carbocycles. The van der Waals surface area contributed by atoms with Gasteiger partial charge in [-0.1, -0.05) is 42.5 Å². The van der Waals surface area contributed by atoms with Gasteiger partial charge in [0.25, 0.3) is 11.1 Å². The maximum absolute atomic E-state index is 13.0. The zero-order valence-electron chi connectivity index (χ0n) is 16.8. The van der Waals surface area contributed by atoms with E-state index in [1.165, 1.54) is 12.1 Å². The van der Waals surface area contributed by atoms with Gasteiger partial charge < -0.3 is 4.74 Å². The van der Waals surface area contributed by atoms with Crippen molar-refractivity contribution >= 4 is 29.0 Å². The van der Waals surface area contributed by atoms with E-state index >= 15 is 0 Å². The minimum atomic E-state index is -0.385. The number of carbonyl (C=O) groups excluding carboxylic acids is 2. The van der Waals surface area contributed by atoms with Gasteiger partial charge in [0.1, 0.15) is 18.2 Å². The van der Waals surface area contributed by atoms with Crippen LogP contribution < -0.4 is 4.74 Å². The second kappa shape index (κ2) is 9.50. The SMILES string of the molecule is N#Cc1ccccc1CN1C(=O)S/C(=C\c2ccc(OCc3ccc(F)cc3)cc2)C1=O. The summed E-state index contributed by atoms with van der Waals surface area (Å²) in [6.07, 6.45) is 1.66. The normalized spacial score (nSPS) is 14.6. The fourth-order valence-corrected chi connectivity index (χ4v) is 3.97. The second-order valence-electron chi connectivity index (χ2n) is 7.02. The largest absolute Gasteiger partial charge is 0.489 e. The third-order valence-electron chi connectivity index (χ3n) is 4.84. The monoisotopic (exact) mass is 444 g/mol. The number of halogens is 1. The van der Waals surface area contributed by atoms with Gasteiger partial charge in [-0.3, -0.25) is 14.5 Å². The Kier molecular flexibility index (Phi) is 6.34. The Hall–Kier alpha value is -3.89. The van der Waals surface area contributed by atoms with Gasteiger partial charge >= 0.3 is 0 Å². The molecule has 0 bridgehead atoms. The summed E-state index contributed by atoms with van der Waals surface area (Å²) < 4.78 is 18.7. The van der Waals surface area contributed by atoms with E-state index in [2.05, 4.69) is 6.07 Å². The van der Waals surface area contributed by atoms with Crippen LogP contribution in [0.3, 0.4) is 0 Å². The first-order valence-corrected chi connectivity index (χ1v) is 10.6. The molecule has 5 nitrogen and oxygen atoms in total. The van der Waals surface area contributed by atoms with Gasteiger partial charge in [0.15, 0.2) is 0 Å². The summed E-state index contributed by atoms with van der Waals surface area (Å²) in [5.74, 6) is -0.0474. The number of carbonyl (C=O) groups is 2. The molecule has 1 heterocycles. The summed E-state index contributed by atoms with van der Waals surface area (Å²) in [6.45, 7) is 0.366. The third-order valence-corrected chi connectivity index (χ3v) is 5.74. The van der Waals surface area contributed by atoms with Crippen molar-refractivity contribution in [2.45, 2.75) is 13.2 Å². The molecule has 0 N–H and O–H groups in total. The lowest BCUT2D eigenvalue weighted by Crippen LogP contribution is -2.27. The predicted octanol–water partition coefficient (Wildman–Crippen LogP) is 5.51. The average Bonchev–Trinajstić information content (AvgIpc) is 3.07. The fraction of sp³-hybridized carbons (Fsp3) is 0.0800. The Morgan fingerprint density at radius 1 is 1.00 bits per heavy atom. The van der Waals surface area contributed by atoms with Crippen LogP contribution in [0.5, 0.6) is 5.75 Å². The first kappa shape index (κ1) is 21.3. The number of imide groups is 1. The summed E-state index contributed by atoms with van der Waals surface area (Å²) in [6, 6.07) is 22.2. The quantitative estimate of drug-likeness (QED) is 0.469. The standard InChI is InChI=1S/C25H17FN2O3S/c26-21-9-5-18(6-10-21)16-31-22-11-7-17(8-12-22)13-23-24(29)28(25(30)32-23)15-20-4-2-1-3-19(20)14-27/h1-13H,15-16H2/b23-13-. The smallest absolute Gasteiger partial charge is 0.293 e. The summed E-state index contributed by atoms with van der Waals surface area (Å²) >= 11 is 0.876. The fourth-order valence-electron chi connectivity index (χ4n) is 3.13. The predicted molar refractivity (Wildman–Crippen MR) is 120 cm³/mol. The van der Waals surface area contributed by atoms with Crippen LogP contribution in [0.1, 0.15) is 22.3 Å². The summed E-state index contributed by atoms with van der Waals surface area (Å²) in [5, 5.41) is 8.86. The molecule has 0 unspecified atom stereocenters. The first-order chi connectivity index (χ1) is 15.5. The number of amides is 2. The minimum Gasteiger partial charge on any atom is -0.489 e. The molecule has 3 aromatic carbocycles. The number of nitriles is 1. The van der Waals surface area contributed by atoms with Crippen molar-refractivity contribution in [2.75, 3.05) is 0 Å². The molecule has 0 saturated carbocycles. The van der Waals surface area contributed by atoms with E-state index in [4.69, 9.17) is 4.74 Å². The molecule has 158 valence electrons.